The second kappa shape index (κ2) is 6.78. The number of fused-ring (bicyclic) bond motifs is 1. The van der Waals surface area contributed by atoms with Crippen LogP contribution in [0.15, 0.2) is 12.1 Å². The Bertz CT molecular complexity index is 515. The fourth-order valence-corrected chi connectivity index (χ4v) is 2.86. The molecule has 4 nitrogen and oxygen atoms in total. The van der Waals surface area contributed by atoms with Gasteiger partial charge in [0.05, 0.1) is 14.2 Å². The zero-order chi connectivity index (χ0) is 16.3. The van der Waals surface area contributed by atoms with E-state index in [9.17, 15) is 0 Å². The van der Waals surface area contributed by atoms with E-state index < -0.39 is 0 Å². The number of rotatable bonds is 6. The number of methoxy groups -OCH3 is 2. The molecule has 1 heterocycles. The van der Waals surface area contributed by atoms with E-state index in [-0.39, 0.29) is 11.6 Å². The average Bonchev–Trinajstić information content (AvgIpc) is 2.51. The van der Waals surface area contributed by atoms with Gasteiger partial charge < -0.3 is 19.5 Å². The van der Waals surface area contributed by atoms with Gasteiger partial charge in [0.1, 0.15) is 11.4 Å². The van der Waals surface area contributed by atoms with Gasteiger partial charge in [-0.2, -0.15) is 0 Å². The first-order valence-corrected chi connectivity index (χ1v) is 8.10. The molecule has 124 valence electrons. The van der Waals surface area contributed by atoms with Crippen LogP contribution in [-0.2, 0) is 0 Å². The van der Waals surface area contributed by atoms with Crippen LogP contribution < -0.4 is 19.5 Å². The van der Waals surface area contributed by atoms with Crippen molar-refractivity contribution >= 4 is 0 Å². The number of hydrogen-bond acceptors (Lipinski definition) is 4. The van der Waals surface area contributed by atoms with E-state index in [4.69, 9.17) is 14.2 Å². The van der Waals surface area contributed by atoms with Gasteiger partial charge in [-0.3, -0.25) is 0 Å². The molecule has 2 rings (SSSR count). The Morgan fingerprint density at radius 3 is 2.45 bits per heavy atom. The maximum absolute atomic E-state index is 6.27. The molecular weight excluding hydrogens is 278 g/mol. The zero-order valence-electron chi connectivity index (χ0n) is 14.7. The predicted molar refractivity (Wildman–Crippen MR) is 89.1 cm³/mol. The summed E-state index contributed by atoms with van der Waals surface area (Å²) in [6, 6.07) is 4.27. The van der Waals surface area contributed by atoms with Crippen molar-refractivity contribution in [2.45, 2.75) is 52.2 Å². The molecule has 0 saturated carbocycles. The number of ether oxygens (including phenoxy) is 3. The third-order valence-corrected chi connectivity index (χ3v) is 4.40. The maximum atomic E-state index is 6.27. The summed E-state index contributed by atoms with van der Waals surface area (Å²) < 4.78 is 17.1. The Morgan fingerprint density at radius 1 is 1.27 bits per heavy atom. The van der Waals surface area contributed by atoms with Crippen LogP contribution in [0, 0.1) is 5.92 Å². The lowest BCUT2D eigenvalue weighted by molar-refractivity contribution is 0.0433. The number of benzene rings is 1. The van der Waals surface area contributed by atoms with Crippen molar-refractivity contribution in [3.8, 4) is 17.2 Å². The van der Waals surface area contributed by atoms with Crippen LogP contribution >= 0.6 is 0 Å². The van der Waals surface area contributed by atoms with Crippen LogP contribution in [-0.4, -0.2) is 26.4 Å². The highest BCUT2D eigenvalue weighted by Gasteiger charge is 2.36. The summed E-state index contributed by atoms with van der Waals surface area (Å²) in [4.78, 5) is 0. The summed E-state index contributed by atoms with van der Waals surface area (Å²) >= 11 is 0. The summed E-state index contributed by atoms with van der Waals surface area (Å²) in [5.41, 5.74) is 1.01. The van der Waals surface area contributed by atoms with Crippen LogP contribution in [0.3, 0.4) is 0 Å². The van der Waals surface area contributed by atoms with Crippen LogP contribution in [0.1, 0.15) is 52.1 Å². The van der Waals surface area contributed by atoms with Gasteiger partial charge in [-0.1, -0.05) is 20.8 Å². The van der Waals surface area contributed by atoms with E-state index in [0.29, 0.717) is 11.7 Å². The smallest absolute Gasteiger partial charge is 0.164 e. The molecule has 1 aromatic carbocycles. The van der Waals surface area contributed by atoms with Crippen LogP contribution in [0.2, 0.25) is 0 Å². The lowest BCUT2D eigenvalue weighted by Crippen LogP contribution is -2.42. The van der Waals surface area contributed by atoms with Gasteiger partial charge in [-0.15, -0.1) is 0 Å². The minimum atomic E-state index is -0.152. The van der Waals surface area contributed by atoms with Crippen molar-refractivity contribution in [2.75, 3.05) is 20.8 Å². The van der Waals surface area contributed by atoms with Crippen LogP contribution in [0.5, 0.6) is 17.2 Å². The summed E-state index contributed by atoms with van der Waals surface area (Å²) in [5.74, 6) is 2.97. The first-order valence-electron chi connectivity index (χ1n) is 8.10. The Morgan fingerprint density at radius 2 is 1.91 bits per heavy atom. The first-order chi connectivity index (χ1) is 10.4. The fourth-order valence-electron chi connectivity index (χ4n) is 2.86. The second-order valence-electron chi connectivity index (χ2n) is 6.71. The Balaban J connectivity index is 2.40. The fraction of sp³-hybridized carbons (Fsp3) is 0.667. The molecule has 22 heavy (non-hydrogen) atoms. The van der Waals surface area contributed by atoms with Crippen molar-refractivity contribution in [1.82, 2.24) is 5.32 Å². The maximum Gasteiger partial charge on any atom is 0.164 e. The molecular formula is C18H29NO3. The molecule has 4 heteroatoms. The highest BCUT2D eigenvalue weighted by molar-refractivity contribution is 5.53. The van der Waals surface area contributed by atoms with Crippen molar-refractivity contribution in [2.24, 2.45) is 5.92 Å². The quantitative estimate of drug-likeness (QED) is 0.864. The zero-order valence-corrected chi connectivity index (χ0v) is 14.7. The SMILES string of the molecule is CCC1(C)CC(NCC(C)C)c2cc(OC)c(OC)cc2O1. The highest BCUT2D eigenvalue weighted by Crippen LogP contribution is 2.45. The first kappa shape index (κ1) is 16.9. The molecule has 0 amide bonds. The molecule has 1 aromatic rings. The molecule has 2 atom stereocenters. The largest absolute Gasteiger partial charge is 0.493 e. The van der Waals surface area contributed by atoms with E-state index in [0.717, 1.165) is 36.4 Å². The minimum absolute atomic E-state index is 0.152. The number of hydrogen-bond donors (Lipinski definition) is 1. The Hall–Kier alpha value is -1.42. The van der Waals surface area contributed by atoms with Gasteiger partial charge in [0, 0.05) is 24.1 Å². The predicted octanol–water partition coefficient (Wildman–Crippen LogP) is 3.94. The molecule has 0 aliphatic carbocycles. The topological polar surface area (TPSA) is 39.7 Å². The van der Waals surface area contributed by atoms with Gasteiger partial charge in [0.2, 0.25) is 0 Å². The van der Waals surface area contributed by atoms with Crippen LogP contribution in [0.4, 0.5) is 0 Å². The minimum Gasteiger partial charge on any atom is -0.493 e. The van der Waals surface area contributed by atoms with E-state index >= 15 is 0 Å². The van der Waals surface area contributed by atoms with E-state index in [1.165, 1.54) is 0 Å². The lowest BCUT2D eigenvalue weighted by Gasteiger charge is -2.40. The third-order valence-electron chi connectivity index (χ3n) is 4.40. The Labute approximate surface area is 134 Å². The van der Waals surface area contributed by atoms with Crippen molar-refractivity contribution < 1.29 is 14.2 Å². The number of nitrogens with one attached hydrogen (secondary N) is 1. The molecule has 0 fully saturated rings. The van der Waals surface area contributed by atoms with Crippen molar-refractivity contribution in [1.29, 1.82) is 0 Å². The monoisotopic (exact) mass is 307 g/mol. The molecule has 2 unspecified atom stereocenters. The molecule has 0 radical (unpaired) electrons. The molecule has 0 saturated heterocycles. The van der Waals surface area contributed by atoms with E-state index in [1.54, 1.807) is 14.2 Å². The Kier molecular flexibility index (Phi) is 5.22. The molecule has 1 N–H and O–H groups in total. The van der Waals surface area contributed by atoms with Gasteiger partial charge >= 0.3 is 0 Å². The molecule has 1 aliphatic rings. The summed E-state index contributed by atoms with van der Waals surface area (Å²) in [5, 5.41) is 3.68. The highest BCUT2D eigenvalue weighted by atomic mass is 16.5. The third kappa shape index (κ3) is 3.49. The summed E-state index contributed by atoms with van der Waals surface area (Å²) in [6.07, 6.45) is 1.93. The lowest BCUT2D eigenvalue weighted by atomic mass is 9.86. The van der Waals surface area contributed by atoms with E-state index in [2.05, 4.69) is 33.0 Å². The normalized spacial score (nSPS) is 23.9. The van der Waals surface area contributed by atoms with Gasteiger partial charge in [-0.05, 0) is 31.9 Å². The van der Waals surface area contributed by atoms with Crippen LogP contribution in [0.25, 0.3) is 0 Å². The molecule has 0 bridgehead atoms. The van der Waals surface area contributed by atoms with Gasteiger partial charge in [-0.25, -0.2) is 0 Å². The summed E-state index contributed by atoms with van der Waals surface area (Å²) in [6.45, 7) is 9.78. The van der Waals surface area contributed by atoms with Crippen molar-refractivity contribution in [3.05, 3.63) is 17.7 Å². The summed E-state index contributed by atoms with van der Waals surface area (Å²) in [7, 11) is 3.32. The van der Waals surface area contributed by atoms with Crippen molar-refractivity contribution in [3.63, 3.8) is 0 Å². The average molecular weight is 307 g/mol. The van der Waals surface area contributed by atoms with Gasteiger partial charge in [0.25, 0.3) is 0 Å². The second-order valence-corrected chi connectivity index (χ2v) is 6.71. The molecule has 0 aromatic heterocycles. The molecule has 1 aliphatic heterocycles. The van der Waals surface area contributed by atoms with Gasteiger partial charge in [0.15, 0.2) is 11.5 Å². The molecule has 0 spiro atoms. The van der Waals surface area contributed by atoms with E-state index in [1.807, 2.05) is 12.1 Å². The standard InChI is InChI=1S/C18H29NO3/c1-7-18(4)10-14(19-11-12(2)3)13-8-16(20-5)17(21-6)9-15(13)22-18/h8-9,12,14,19H,7,10-11H2,1-6H3.